The summed E-state index contributed by atoms with van der Waals surface area (Å²) in [7, 11) is 0. The molecule has 4 rings (SSSR count). The molecule has 0 amide bonds. The molecule has 5 atom stereocenters. The quantitative estimate of drug-likeness (QED) is 0.525. The average Bonchev–Trinajstić information content (AvgIpc) is 3.08. The van der Waals surface area contributed by atoms with E-state index in [4.69, 9.17) is 33.7 Å². The maximum Gasteiger partial charge on any atom is 0.208 e. The van der Waals surface area contributed by atoms with Crippen molar-refractivity contribution in [3.05, 3.63) is 70.0 Å². The van der Waals surface area contributed by atoms with Crippen LogP contribution in [0.3, 0.4) is 0 Å². The zero-order valence-corrected chi connectivity index (χ0v) is 18.2. The molecule has 2 saturated heterocycles. The standard InChI is InChI=1S/C20H20ClFO3S3/c21-14-4-1-11(2-5-14)7-12-8-13(3-6-15(12)22)20-18(28)16(26)17(27)19(9-23,25-20)10-24-20/h1-6,8,16-18,23,26-28H,7,9-10H2/t16-,17+,18-,19-,20-/m0/s1. The number of rotatable bonds is 4. The van der Waals surface area contributed by atoms with Gasteiger partial charge in [0.05, 0.1) is 18.5 Å². The van der Waals surface area contributed by atoms with E-state index in [9.17, 15) is 9.50 Å². The fourth-order valence-corrected chi connectivity index (χ4v) is 5.38. The highest BCUT2D eigenvalue weighted by atomic mass is 35.5. The molecular weight excluding hydrogens is 439 g/mol. The predicted octanol–water partition coefficient (Wildman–Crippen LogP) is 3.91. The molecule has 0 radical (unpaired) electrons. The number of thiol groups is 3. The van der Waals surface area contributed by atoms with Crippen molar-refractivity contribution in [2.75, 3.05) is 13.2 Å². The van der Waals surface area contributed by atoms with E-state index in [0.29, 0.717) is 22.6 Å². The fraction of sp³-hybridized carbons (Fsp3) is 0.400. The van der Waals surface area contributed by atoms with Crippen LogP contribution in [0.25, 0.3) is 0 Å². The Labute approximate surface area is 184 Å². The van der Waals surface area contributed by atoms with Crippen molar-refractivity contribution in [3.63, 3.8) is 0 Å². The summed E-state index contributed by atoms with van der Waals surface area (Å²) in [6.07, 6.45) is 0.398. The van der Waals surface area contributed by atoms with Crippen molar-refractivity contribution >= 4 is 49.5 Å². The molecule has 1 N–H and O–H groups in total. The van der Waals surface area contributed by atoms with Crippen molar-refractivity contribution < 1.29 is 19.0 Å². The molecule has 2 heterocycles. The van der Waals surface area contributed by atoms with Crippen LogP contribution in [0.5, 0.6) is 0 Å². The zero-order valence-electron chi connectivity index (χ0n) is 14.8. The molecule has 28 heavy (non-hydrogen) atoms. The molecule has 3 nitrogen and oxygen atoms in total. The van der Waals surface area contributed by atoms with Gasteiger partial charge in [-0.15, -0.1) is 0 Å². The predicted molar refractivity (Wildman–Crippen MR) is 118 cm³/mol. The summed E-state index contributed by atoms with van der Waals surface area (Å²) in [5.74, 6) is -1.54. The summed E-state index contributed by atoms with van der Waals surface area (Å²) in [4.78, 5) is 0. The third kappa shape index (κ3) is 3.29. The minimum absolute atomic E-state index is 0.162. The number of hydrogen-bond acceptors (Lipinski definition) is 6. The molecule has 2 aliphatic heterocycles. The first-order valence-corrected chi connectivity index (χ1v) is 10.8. The van der Waals surface area contributed by atoms with Gasteiger partial charge in [-0.3, -0.25) is 0 Å². The Bertz CT molecular complexity index is 883. The van der Waals surface area contributed by atoms with Gasteiger partial charge in [0.25, 0.3) is 0 Å². The summed E-state index contributed by atoms with van der Waals surface area (Å²) in [6, 6.07) is 12.1. The molecule has 0 unspecified atom stereocenters. The van der Waals surface area contributed by atoms with Gasteiger partial charge < -0.3 is 14.6 Å². The zero-order chi connectivity index (χ0) is 20.1. The summed E-state index contributed by atoms with van der Waals surface area (Å²) < 4.78 is 26.8. The number of aliphatic hydroxyl groups is 1. The maximum absolute atomic E-state index is 14.5. The van der Waals surface area contributed by atoms with Gasteiger partial charge in [0, 0.05) is 27.5 Å². The van der Waals surface area contributed by atoms with Gasteiger partial charge in [-0.1, -0.05) is 29.8 Å². The minimum atomic E-state index is -1.22. The van der Waals surface area contributed by atoms with E-state index < -0.39 is 16.6 Å². The highest BCUT2D eigenvalue weighted by Crippen LogP contribution is 2.54. The van der Waals surface area contributed by atoms with Crippen LogP contribution in [-0.2, 0) is 21.7 Å². The van der Waals surface area contributed by atoms with Crippen molar-refractivity contribution in [2.45, 2.75) is 33.6 Å². The van der Waals surface area contributed by atoms with Crippen LogP contribution in [0, 0.1) is 5.82 Å². The largest absolute Gasteiger partial charge is 0.393 e. The fourth-order valence-electron chi connectivity index (χ4n) is 3.82. The summed E-state index contributed by atoms with van der Waals surface area (Å²) in [5.41, 5.74) is 1.11. The van der Waals surface area contributed by atoms with Crippen LogP contribution in [0.1, 0.15) is 16.7 Å². The molecule has 2 aromatic carbocycles. The highest BCUT2D eigenvalue weighted by Gasteiger charge is 2.65. The molecule has 2 bridgehead atoms. The van der Waals surface area contributed by atoms with Crippen LogP contribution in [0.15, 0.2) is 42.5 Å². The molecule has 8 heteroatoms. The number of aliphatic hydroxyl groups excluding tert-OH is 1. The van der Waals surface area contributed by atoms with E-state index in [0.717, 1.165) is 5.56 Å². The second-order valence-electron chi connectivity index (χ2n) is 7.27. The smallest absolute Gasteiger partial charge is 0.208 e. The molecule has 0 aromatic heterocycles. The van der Waals surface area contributed by atoms with Crippen molar-refractivity contribution in [1.82, 2.24) is 0 Å². The normalized spacial score (nSPS) is 34.6. The van der Waals surface area contributed by atoms with Gasteiger partial charge in [-0.25, -0.2) is 4.39 Å². The third-order valence-corrected chi connectivity index (χ3v) is 8.26. The lowest BCUT2D eigenvalue weighted by Crippen LogP contribution is -2.60. The molecular formula is C20H20ClFO3S3. The summed E-state index contributed by atoms with van der Waals surface area (Å²) in [5, 5.41) is 9.47. The van der Waals surface area contributed by atoms with Gasteiger partial charge in [-0.2, -0.15) is 37.9 Å². The molecule has 0 saturated carbocycles. The number of benzene rings is 2. The van der Waals surface area contributed by atoms with Crippen molar-refractivity contribution in [2.24, 2.45) is 0 Å². The van der Waals surface area contributed by atoms with E-state index >= 15 is 0 Å². The second-order valence-corrected chi connectivity index (χ2v) is 9.42. The lowest BCUT2D eigenvalue weighted by Gasteiger charge is -2.47. The first kappa shape index (κ1) is 20.8. The first-order chi connectivity index (χ1) is 13.3. The minimum Gasteiger partial charge on any atom is -0.393 e. The lowest BCUT2D eigenvalue weighted by atomic mass is 9.88. The number of halogens is 2. The van der Waals surface area contributed by atoms with Crippen LogP contribution in [0.4, 0.5) is 4.39 Å². The molecule has 0 aliphatic carbocycles. The van der Waals surface area contributed by atoms with Crippen LogP contribution < -0.4 is 0 Å². The Balaban J connectivity index is 1.72. The monoisotopic (exact) mass is 458 g/mol. The van der Waals surface area contributed by atoms with Gasteiger partial charge in [0.15, 0.2) is 0 Å². The van der Waals surface area contributed by atoms with Gasteiger partial charge in [0.2, 0.25) is 5.79 Å². The highest BCUT2D eigenvalue weighted by molar-refractivity contribution is 7.87. The molecule has 150 valence electrons. The third-order valence-electron chi connectivity index (χ3n) is 5.48. The maximum atomic E-state index is 14.5. The Hall–Kier alpha value is -0.410. The van der Waals surface area contributed by atoms with E-state index in [-0.39, 0.29) is 29.5 Å². The topological polar surface area (TPSA) is 38.7 Å². The van der Waals surface area contributed by atoms with E-state index in [1.54, 1.807) is 24.3 Å². The summed E-state index contributed by atoms with van der Waals surface area (Å²) >= 11 is 19.9. The second kappa shape index (κ2) is 7.69. The Kier molecular flexibility index (Phi) is 5.72. The number of hydrogen-bond donors (Lipinski definition) is 4. The summed E-state index contributed by atoms with van der Waals surface area (Å²) in [6.45, 7) is -0.0883. The number of ether oxygens (including phenoxy) is 2. The average molecular weight is 459 g/mol. The Morgan fingerprint density at radius 1 is 1.11 bits per heavy atom. The van der Waals surface area contributed by atoms with Crippen LogP contribution >= 0.6 is 49.5 Å². The molecule has 0 spiro atoms. The van der Waals surface area contributed by atoms with E-state index in [2.05, 4.69) is 25.3 Å². The van der Waals surface area contributed by atoms with Gasteiger partial charge in [-0.05, 0) is 35.4 Å². The Morgan fingerprint density at radius 3 is 2.50 bits per heavy atom. The lowest BCUT2D eigenvalue weighted by molar-refractivity contribution is -0.218. The number of fused-ring (bicyclic) bond motifs is 2. The van der Waals surface area contributed by atoms with Gasteiger partial charge >= 0.3 is 0 Å². The molecule has 2 aliphatic rings. The molecule has 2 aromatic rings. The van der Waals surface area contributed by atoms with E-state index in [1.165, 1.54) is 6.07 Å². The van der Waals surface area contributed by atoms with Gasteiger partial charge in [0.1, 0.15) is 11.4 Å². The van der Waals surface area contributed by atoms with Crippen molar-refractivity contribution in [3.8, 4) is 0 Å². The van der Waals surface area contributed by atoms with Crippen LogP contribution in [-0.4, -0.2) is 39.7 Å². The molecule has 2 fully saturated rings. The Morgan fingerprint density at radius 2 is 1.82 bits per heavy atom. The first-order valence-electron chi connectivity index (χ1n) is 8.84. The van der Waals surface area contributed by atoms with E-state index in [1.807, 2.05) is 12.1 Å². The van der Waals surface area contributed by atoms with Crippen molar-refractivity contribution in [1.29, 1.82) is 0 Å². The SMILES string of the molecule is OC[C@@]12CO[C@@](c3ccc(F)c(Cc4ccc(Cl)cc4)c3)(O1)[C@@H](S)[C@@H](S)[C@H]2S. The van der Waals surface area contributed by atoms with Crippen LogP contribution in [0.2, 0.25) is 5.02 Å².